The van der Waals surface area contributed by atoms with Crippen molar-refractivity contribution in [3.8, 4) is 0 Å². The summed E-state index contributed by atoms with van der Waals surface area (Å²) in [6, 6.07) is 2.95. The largest absolute Gasteiger partial charge is 0.417 e. The van der Waals surface area contributed by atoms with E-state index in [9.17, 15) is 13.2 Å². The fourth-order valence-corrected chi connectivity index (χ4v) is 3.23. The van der Waals surface area contributed by atoms with E-state index < -0.39 is 11.7 Å². The zero-order chi connectivity index (χ0) is 18.9. The molecule has 0 aromatic carbocycles. The number of hydrogen-bond donors (Lipinski definition) is 1. The molecule has 2 aromatic heterocycles. The predicted molar refractivity (Wildman–Crippen MR) is 94.6 cm³/mol. The molecule has 0 radical (unpaired) electrons. The van der Waals surface area contributed by atoms with Gasteiger partial charge in [0.2, 0.25) is 0 Å². The lowest BCUT2D eigenvalue weighted by Crippen LogP contribution is -2.39. The Morgan fingerprint density at radius 2 is 1.85 bits per heavy atom. The Labute approximate surface area is 154 Å². The van der Waals surface area contributed by atoms with Crippen molar-refractivity contribution >= 4 is 23.2 Å². The molecule has 0 atom stereocenters. The first-order chi connectivity index (χ1) is 12.2. The number of nitrogens with one attached hydrogen (secondary N) is 1. The second-order valence-corrected chi connectivity index (χ2v) is 6.78. The number of rotatable bonds is 3. The van der Waals surface area contributed by atoms with Gasteiger partial charge in [0.15, 0.2) is 0 Å². The van der Waals surface area contributed by atoms with E-state index in [0.717, 1.165) is 55.5 Å². The molecule has 1 saturated heterocycles. The molecule has 1 aliphatic heterocycles. The second kappa shape index (κ2) is 7.26. The Morgan fingerprint density at radius 3 is 2.42 bits per heavy atom. The van der Waals surface area contributed by atoms with Crippen LogP contribution in [0.3, 0.4) is 0 Å². The topological polar surface area (TPSA) is 53.9 Å². The minimum atomic E-state index is -4.45. The van der Waals surface area contributed by atoms with Gasteiger partial charge in [0.1, 0.15) is 17.5 Å². The van der Waals surface area contributed by atoms with Gasteiger partial charge < -0.3 is 10.2 Å². The lowest BCUT2D eigenvalue weighted by atomic mass is 10.0. The number of piperidine rings is 1. The Balaban J connectivity index is 1.62. The lowest BCUT2D eigenvalue weighted by molar-refractivity contribution is -0.137. The highest BCUT2D eigenvalue weighted by Gasteiger charge is 2.32. The molecule has 3 heterocycles. The molecule has 2 aromatic rings. The average Bonchev–Trinajstić information content (AvgIpc) is 2.55. The van der Waals surface area contributed by atoms with Gasteiger partial charge in [-0.3, -0.25) is 0 Å². The molecule has 5 nitrogen and oxygen atoms in total. The predicted octanol–water partition coefficient (Wildman–Crippen LogP) is 4.24. The molecule has 0 unspecified atom stereocenters. The van der Waals surface area contributed by atoms with Crippen molar-refractivity contribution in [1.29, 1.82) is 0 Å². The first-order valence-electron chi connectivity index (χ1n) is 8.29. The van der Waals surface area contributed by atoms with Crippen LogP contribution >= 0.6 is 11.6 Å². The molecule has 140 valence electrons. The van der Waals surface area contributed by atoms with E-state index in [0.29, 0.717) is 0 Å². The van der Waals surface area contributed by atoms with Crippen LogP contribution in [0.15, 0.2) is 18.3 Å². The normalized spacial score (nSPS) is 16.0. The standard InChI is InChI=1S/C17H19ClF3N5/c1-10-7-15(24-11(2)23-10)26-5-3-13(4-6-26)25-16-14(18)8-12(9-22-16)17(19,20)21/h7-9,13H,3-6H2,1-2H3,(H,22,25). The number of hydrogen-bond acceptors (Lipinski definition) is 5. The summed E-state index contributed by atoms with van der Waals surface area (Å²) in [4.78, 5) is 14.8. The van der Waals surface area contributed by atoms with Gasteiger partial charge in [0, 0.05) is 37.1 Å². The Kier molecular flexibility index (Phi) is 5.22. The number of halogens is 4. The second-order valence-electron chi connectivity index (χ2n) is 6.37. The third-order valence-corrected chi connectivity index (χ3v) is 4.57. The van der Waals surface area contributed by atoms with Gasteiger partial charge in [-0.2, -0.15) is 13.2 Å². The molecule has 9 heteroatoms. The van der Waals surface area contributed by atoms with E-state index in [-0.39, 0.29) is 16.9 Å². The molecule has 0 aliphatic carbocycles. The number of aryl methyl sites for hydroxylation is 2. The molecule has 0 bridgehead atoms. The van der Waals surface area contributed by atoms with Crippen molar-refractivity contribution in [2.45, 2.75) is 38.9 Å². The van der Waals surface area contributed by atoms with E-state index in [1.165, 1.54) is 0 Å². The highest BCUT2D eigenvalue weighted by molar-refractivity contribution is 6.33. The summed E-state index contributed by atoms with van der Waals surface area (Å²) >= 11 is 5.96. The van der Waals surface area contributed by atoms with Gasteiger partial charge in [0.05, 0.1) is 10.6 Å². The molecule has 0 saturated carbocycles. The minimum Gasteiger partial charge on any atom is -0.366 e. The van der Waals surface area contributed by atoms with E-state index in [4.69, 9.17) is 11.6 Å². The minimum absolute atomic E-state index is 0.0238. The van der Waals surface area contributed by atoms with E-state index in [2.05, 4.69) is 25.2 Å². The summed E-state index contributed by atoms with van der Waals surface area (Å²) < 4.78 is 38.1. The van der Waals surface area contributed by atoms with Crippen LogP contribution in [0.1, 0.15) is 29.9 Å². The quantitative estimate of drug-likeness (QED) is 0.856. The first-order valence-corrected chi connectivity index (χ1v) is 8.66. The van der Waals surface area contributed by atoms with Gasteiger partial charge in [-0.1, -0.05) is 11.6 Å². The Bertz CT molecular complexity index is 768. The van der Waals surface area contributed by atoms with Crippen LogP contribution in [0.5, 0.6) is 0 Å². The van der Waals surface area contributed by atoms with Crippen molar-refractivity contribution in [2.75, 3.05) is 23.3 Å². The SMILES string of the molecule is Cc1cc(N2CCC(Nc3ncc(C(F)(F)F)cc3Cl)CC2)nc(C)n1. The maximum Gasteiger partial charge on any atom is 0.417 e. The van der Waals surface area contributed by atoms with Crippen molar-refractivity contribution in [3.05, 3.63) is 40.4 Å². The Hall–Kier alpha value is -2.09. The van der Waals surface area contributed by atoms with Crippen molar-refractivity contribution < 1.29 is 13.2 Å². The summed E-state index contributed by atoms with van der Waals surface area (Å²) in [5.74, 6) is 1.92. The molecule has 26 heavy (non-hydrogen) atoms. The monoisotopic (exact) mass is 385 g/mol. The summed E-state index contributed by atoms with van der Waals surface area (Å²) in [5.41, 5.74) is 0.0749. The molecular formula is C17H19ClF3N5. The maximum absolute atomic E-state index is 12.7. The van der Waals surface area contributed by atoms with Crippen LogP contribution in [0, 0.1) is 13.8 Å². The summed E-state index contributed by atoms with van der Waals surface area (Å²) in [6.07, 6.45) is -2.04. The van der Waals surface area contributed by atoms with Crippen molar-refractivity contribution in [2.24, 2.45) is 0 Å². The third-order valence-electron chi connectivity index (χ3n) is 4.28. The molecule has 1 N–H and O–H groups in total. The van der Waals surface area contributed by atoms with Crippen molar-refractivity contribution in [3.63, 3.8) is 0 Å². The molecule has 3 rings (SSSR count). The molecule has 1 fully saturated rings. The van der Waals surface area contributed by atoms with Crippen LogP contribution < -0.4 is 10.2 Å². The van der Waals surface area contributed by atoms with E-state index >= 15 is 0 Å². The van der Waals surface area contributed by atoms with Gasteiger partial charge in [-0.15, -0.1) is 0 Å². The van der Waals surface area contributed by atoms with Gasteiger partial charge in [0.25, 0.3) is 0 Å². The zero-order valence-corrected chi connectivity index (χ0v) is 15.2. The average molecular weight is 386 g/mol. The van der Waals surface area contributed by atoms with Gasteiger partial charge >= 0.3 is 6.18 Å². The van der Waals surface area contributed by atoms with Crippen LogP contribution in [0.25, 0.3) is 0 Å². The van der Waals surface area contributed by atoms with Crippen molar-refractivity contribution in [1.82, 2.24) is 15.0 Å². The number of anilines is 2. The lowest BCUT2D eigenvalue weighted by Gasteiger charge is -2.33. The summed E-state index contributed by atoms with van der Waals surface area (Å²) in [6.45, 7) is 5.37. The maximum atomic E-state index is 12.7. The van der Waals surface area contributed by atoms with E-state index in [1.54, 1.807) is 0 Å². The Morgan fingerprint density at radius 1 is 1.15 bits per heavy atom. The summed E-state index contributed by atoms with van der Waals surface area (Å²) in [7, 11) is 0. The van der Waals surface area contributed by atoms with Crippen LogP contribution in [-0.2, 0) is 6.18 Å². The molecule has 0 spiro atoms. The number of nitrogens with zero attached hydrogens (tertiary/aromatic N) is 4. The highest BCUT2D eigenvalue weighted by Crippen LogP contribution is 2.33. The summed E-state index contributed by atoms with van der Waals surface area (Å²) in [5, 5.41) is 3.13. The van der Waals surface area contributed by atoms with Gasteiger partial charge in [-0.05, 0) is 32.8 Å². The van der Waals surface area contributed by atoms with Crippen LogP contribution in [0.2, 0.25) is 5.02 Å². The van der Waals surface area contributed by atoms with E-state index in [1.807, 2.05) is 19.9 Å². The smallest absolute Gasteiger partial charge is 0.366 e. The zero-order valence-electron chi connectivity index (χ0n) is 14.4. The number of aromatic nitrogens is 3. The van der Waals surface area contributed by atoms with Crippen LogP contribution in [0.4, 0.5) is 24.8 Å². The first kappa shape index (κ1) is 18.7. The van der Waals surface area contributed by atoms with Crippen LogP contribution in [-0.4, -0.2) is 34.1 Å². The fraction of sp³-hybridized carbons (Fsp3) is 0.471. The molecule has 0 amide bonds. The fourth-order valence-electron chi connectivity index (χ4n) is 3.00. The highest BCUT2D eigenvalue weighted by atomic mass is 35.5. The molecule has 1 aliphatic rings. The third kappa shape index (κ3) is 4.35. The molecular weight excluding hydrogens is 367 g/mol. The number of alkyl halides is 3. The number of pyridine rings is 1. The van der Waals surface area contributed by atoms with Gasteiger partial charge in [-0.25, -0.2) is 15.0 Å².